The third-order valence-electron chi connectivity index (χ3n) is 2.80. The van der Waals surface area contributed by atoms with E-state index in [4.69, 9.17) is 0 Å². The minimum Gasteiger partial charge on any atom is -0.358 e. The topological polar surface area (TPSA) is 70.2 Å². The fourth-order valence-electron chi connectivity index (χ4n) is 1.79. The SMILES string of the molecule is CNC(=O)CNC(=O)[C@@H]1CCCN[C@@H]1C.Cl. The first-order valence-electron chi connectivity index (χ1n) is 5.37. The van der Waals surface area contributed by atoms with Crippen LogP contribution in [0, 0.1) is 5.92 Å². The number of carbonyl (C=O) groups excluding carboxylic acids is 2. The molecule has 1 heterocycles. The number of rotatable bonds is 3. The molecule has 0 aromatic rings. The quantitative estimate of drug-likeness (QED) is 0.641. The van der Waals surface area contributed by atoms with E-state index in [1.807, 2.05) is 6.92 Å². The van der Waals surface area contributed by atoms with Crippen LogP contribution in [-0.4, -0.2) is 38.0 Å². The molecule has 0 aromatic heterocycles. The first-order chi connectivity index (χ1) is 7.15. The van der Waals surface area contributed by atoms with Gasteiger partial charge in [0.2, 0.25) is 11.8 Å². The van der Waals surface area contributed by atoms with Crippen LogP contribution in [0.15, 0.2) is 0 Å². The van der Waals surface area contributed by atoms with Crippen LogP contribution >= 0.6 is 12.4 Å². The van der Waals surface area contributed by atoms with Crippen LogP contribution < -0.4 is 16.0 Å². The van der Waals surface area contributed by atoms with Crippen molar-refractivity contribution in [2.24, 2.45) is 5.92 Å². The number of hydrogen-bond donors (Lipinski definition) is 3. The Labute approximate surface area is 102 Å². The molecule has 2 atom stereocenters. The number of amides is 2. The van der Waals surface area contributed by atoms with Crippen LogP contribution in [0.5, 0.6) is 0 Å². The van der Waals surface area contributed by atoms with Gasteiger partial charge in [0.05, 0.1) is 12.5 Å². The summed E-state index contributed by atoms with van der Waals surface area (Å²) in [6.07, 6.45) is 1.91. The zero-order valence-corrected chi connectivity index (χ0v) is 10.5. The van der Waals surface area contributed by atoms with Gasteiger partial charge in [-0.05, 0) is 26.3 Å². The van der Waals surface area contributed by atoms with Gasteiger partial charge in [0, 0.05) is 13.1 Å². The van der Waals surface area contributed by atoms with Gasteiger partial charge in [-0.1, -0.05) is 0 Å². The molecule has 0 spiro atoms. The summed E-state index contributed by atoms with van der Waals surface area (Å²) in [5.74, 6) is -0.207. The lowest BCUT2D eigenvalue weighted by atomic mass is 9.91. The predicted molar refractivity (Wildman–Crippen MR) is 64.5 cm³/mol. The minimum atomic E-state index is -0.167. The Hall–Kier alpha value is -0.810. The van der Waals surface area contributed by atoms with Gasteiger partial charge >= 0.3 is 0 Å². The monoisotopic (exact) mass is 249 g/mol. The highest BCUT2D eigenvalue weighted by Crippen LogP contribution is 2.15. The lowest BCUT2D eigenvalue weighted by Gasteiger charge is -2.28. The summed E-state index contributed by atoms with van der Waals surface area (Å²) in [6, 6.07) is 0.198. The second-order valence-corrected chi connectivity index (χ2v) is 3.88. The number of halogens is 1. The molecular weight excluding hydrogens is 230 g/mol. The molecule has 2 amide bonds. The first kappa shape index (κ1) is 15.2. The smallest absolute Gasteiger partial charge is 0.239 e. The summed E-state index contributed by atoms with van der Waals surface area (Å²) in [5.41, 5.74) is 0. The lowest BCUT2D eigenvalue weighted by Crippen LogP contribution is -2.48. The molecule has 0 radical (unpaired) electrons. The van der Waals surface area contributed by atoms with Crippen molar-refractivity contribution < 1.29 is 9.59 Å². The van der Waals surface area contributed by atoms with Crippen LogP contribution in [-0.2, 0) is 9.59 Å². The number of hydrogen-bond acceptors (Lipinski definition) is 3. The molecule has 16 heavy (non-hydrogen) atoms. The van der Waals surface area contributed by atoms with Crippen LogP contribution in [0.4, 0.5) is 0 Å². The third kappa shape index (κ3) is 4.37. The molecule has 94 valence electrons. The Morgan fingerprint density at radius 3 is 2.69 bits per heavy atom. The average Bonchev–Trinajstić information content (AvgIpc) is 2.26. The van der Waals surface area contributed by atoms with E-state index in [1.54, 1.807) is 7.05 Å². The molecule has 0 bridgehead atoms. The predicted octanol–water partition coefficient (Wildman–Crippen LogP) is -0.341. The van der Waals surface area contributed by atoms with Crippen LogP contribution in [0.25, 0.3) is 0 Å². The zero-order valence-electron chi connectivity index (χ0n) is 9.71. The van der Waals surface area contributed by atoms with Gasteiger partial charge in [0.15, 0.2) is 0 Å². The van der Waals surface area contributed by atoms with Crippen LogP contribution in [0.1, 0.15) is 19.8 Å². The van der Waals surface area contributed by atoms with E-state index in [0.717, 1.165) is 19.4 Å². The van der Waals surface area contributed by atoms with E-state index in [0.29, 0.717) is 0 Å². The second kappa shape index (κ2) is 7.46. The van der Waals surface area contributed by atoms with Crippen molar-refractivity contribution in [2.45, 2.75) is 25.8 Å². The largest absolute Gasteiger partial charge is 0.358 e. The highest BCUT2D eigenvalue weighted by atomic mass is 35.5. The van der Waals surface area contributed by atoms with E-state index in [9.17, 15) is 9.59 Å². The highest BCUT2D eigenvalue weighted by molar-refractivity contribution is 5.86. The fourth-order valence-corrected chi connectivity index (χ4v) is 1.79. The Balaban J connectivity index is 0.00000225. The van der Waals surface area contributed by atoms with Gasteiger partial charge in [0.25, 0.3) is 0 Å². The average molecular weight is 250 g/mol. The number of carbonyl (C=O) groups is 2. The first-order valence-corrected chi connectivity index (χ1v) is 5.37. The molecule has 1 saturated heterocycles. The molecule has 0 unspecified atom stereocenters. The second-order valence-electron chi connectivity index (χ2n) is 3.88. The van der Waals surface area contributed by atoms with Crippen LogP contribution in [0.2, 0.25) is 0 Å². The number of likely N-dealkylation sites (N-methyl/N-ethyl adjacent to an activating group) is 1. The van der Waals surface area contributed by atoms with Crippen molar-refractivity contribution in [3.63, 3.8) is 0 Å². The summed E-state index contributed by atoms with van der Waals surface area (Å²) in [4.78, 5) is 22.6. The van der Waals surface area contributed by atoms with Crippen LogP contribution in [0.3, 0.4) is 0 Å². The minimum absolute atomic E-state index is 0. The lowest BCUT2D eigenvalue weighted by molar-refractivity contribution is -0.129. The van der Waals surface area contributed by atoms with Crippen molar-refractivity contribution in [3.8, 4) is 0 Å². The number of nitrogens with one attached hydrogen (secondary N) is 3. The Morgan fingerprint density at radius 1 is 1.44 bits per heavy atom. The maximum absolute atomic E-state index is 11.7. The maximum atomic E-state index is 11.7. The van der Waals surface area contributed by atoms with Gasteiger partial charge in [-0.15, -0.1) is 12.4 Å². The summed E-state index contributed by atoms with van der Waals surface area (Å²) in [5, 5.41) is 8.36. The molecule has 3 N–H and O–H groups in total. The van der Waals surface area contributed by atoms with Gasteiger partial charge < -0.3 is 16.0 Å². The van der Waals surface area contributed by atoms with E-state index in [2.05, 4.69) is 16.0 Å². The van der Waals surface area contributed by atoms with Crippen molar-refractivity contribution >= 4 is 24.2 Å². The summed E-state index contributed by atoms with van der Waals surface area (Å²) >= 11 is 0. The van der Waals surface area contributed by atoms with E-state index in [1.165, 1.54) is 0 Å². The molecule has 6 heteroatoms. The molecule has 0 saturated carbocycles. The van der Waals surface area contributed by atoms with Gasteiger partial charge in [0.1, 0.15) is 0 Å². The summed E-state index contributed by atoms with van der Waals surface area (Å²) in [6.45, 7) is 3.04. The third-order valence-corrected chi connectivity index (χ3v) is 2.80. The van der Waals surface area contributed by atoms with Crippen molar-refractivity contribution in [1.29, 1.82) is 0 Å². The molecule has 1 fully saturated rings. The van der Waals surface area contributed by atoms with Gasteiger partial charge in [-0.3, -0.25) is 9.59 Å². The van der Waals surface area contributed by atoms with E-state index < -0.39 is 0 Å². The van der Waals surface area contributed by atoms with Gasteiger partial charge in [-0.2, -0.15) is 0 Å². The van der Waals surface area contributed by atoms with Crippen molar-refractivity contribution in [2.75, 3.05) is 20.1 Å². The molecule has 1 aliphatic rings. The summed E-state index contributed by atoms with van der Waals surface area (Å²) in [7, 11) is 1.55. The normalized spacial score (nSPS) is 24.1. The Morgan fingerprint density at radius 2 is 2.12 bits per heavy atom. The van der Waals surface area contributed by atoms with Gasteiger partial charge in [-0.25, -0.2) is 0 Å². The Kier molecular flexibility index (Phi) is 7.08. The Bertz CT molecular complexity index is 248. The maximum Gasteiger partial charge on any atom is 0.239 e. The molecular formula is C10H20ClN3O2. The van der Waals surface area contributed by atoms with E-state index >= 15 is 0 Å². The molecule has 5 nitrogen and oxygen atoms in total. The molecule has 1 rings (SSSR count). The fraction of sp³-hybridized carbons (Fsp3) is 0.800. The van der Waals surface area contributed by atoms with Crippen molar-refractivity contribution in [3.05, 3.63) is 0 Å². The molecule has 0 aliphatic carbocycles. The number of piperidine rings is 1. The van der Waals surface area contributed by atoms with E-state index in [-0.39, 0.29) is 42.7 Å². The standard InChI is InChI=1S/C10H19N3O2.ClH/c1-7-8(4-3-5-12-7)10(15)13-6-9(14)11-2;/h7-8,12H,3-6H2,1-2H3,(H,11,14)(H,13,15);1H/t7-,8-;/m1./s1. The molecule has 0 aromatic carbocycles. The highest BCUT2D eigenvalue weighted by Gasteiger charge is 2.27. The summed E-state index contributed by atoms with van der Waals surface area (Å²) < 4.78 is 0. The van der Waals surface area contributed by atoms with Crippen molar-refractivity contribution in [1.82, 2.24) is 16.0 Å². The molecule has 1 aliphatic heterocycles. The zero-order chi connectivity index (χ0) is 11.3.